The Kier molecular flexibility index (Phi) is 9.19. The number of nitrogens with zero attached hydrogens (tertiary/aromatic N) is 1. The number of rotatable bonds is 9. The molecule has 0 saturated heterocycles. The molecule has 1 N–H and O–H groups in total. The van der Waals surface area contributed by atoms with E-state index in [-0.39, 0.29) is 18.2 Å². The van der Waals surface area contributed by atoms with Gasteiger partial charge < -0.3 is 10.2 Å². The SMILES string of the molecule is CC[C@@H](C(=O)NCC(C)C)N(Cc1cccc(C)c1)C(=O)Cc1ccc(Cl)c(Cl)c1. The fourth-order valence-electron chi connectivity index (χ4n) is 3.27. The molecule has 0 aromatic heterocycles. The normalized spacial score (nSPS) is 12.0. The second-order valence-corrected chi connectivity index (χ2v) is 8.81. The highest BCUT2D eigenvalue weighted by Gasteiger charge is 2.28. The van der Waals surface area contributed by atoms with Gasteiger partial charge in [0.1, 0.15) is 6.04 Å². The van der Waals surface area contributed by atoms with E-state index in [0.29, 0.717) is 35.5 Å². The lowest BCUT2D eigenvalue weighted by Crippen LogP contribution is -2.50. The average molecular weight is 449 g/mol. The molecule has 0 radical (unpaired) electrons. The number of hydrogen-bond acceptors (Lipinski definition) is 2. The molecule has 6 heteroatoms. The van der Waals surface area contributed by atoms with E-state index in [4.69, 9.17) is 23.2 Å². The van der Waals surface area contributed by atoms with E-state index in [1.54, 1.807) is 23.1 Å². The highest BCUT2D eigenvalue weighted by Crippen LogP contribution is 2.23. The predicted molar refractivity (Wildman–Crippen MR) is 124 cm³/mol. The molecule has 162 valence electrons. The number of halogens is 2. The minimum atomic E-state index is -0.542. The van der Waals surface area contributed by atoms with Crippen LogP contribution in [-0.4, -0.2) is 29.3 Å². The van der Waals surface area contributed by atoms with Gasteiger partial charge in [0.15, 0.2) is 0 Å². The summed E-state index contributed by atoms with van der Waals surface area (Å²) in [5, 5.41) is 3.83. The first kappa shape index (κ1) is 24.2. The molecular formula is C24H30Cl2N2O2. The molecule has 2 aromatic rings. The smallest absolute Gasteiger partial charge is 0.242 e. The second kappa shape index (κ2) is 11.4. The van der Waals surface area contributed by atoms with Crippen LogP contribution in [0.4, 0.5) is 0 Å². The number of benzene rings is 2. The molecule has 0 aliphatic carbocycles. The van der Waals surface area contributed by atoms with Gasteiger partial charge in [-0.3, -0.25) is 9.59 Å². The molecule has 30 heavy (non-hydrogen) atoms. The molecule has 0 saturated carbocycles. The molecule has 2 rings (SSSR count). The third kappa shape index (κ3) is 7.03. The van der Waals surface area contributed by atoms with Gasteiger partial charge in [0, 0.05) is 13.1 Å². The van der Waals surface area contributed by atoms with Gasteiger partial charge in [-0.15, -0.1) is 0 Å². The zero-order valence-corrected chi connectivity index (χ0v) is 19.6. The van der Waals surface area contributed by atoms with Gasteiger partial charge in [0.2, 0.25) is 11.8 Å². The first-order chi connectivity index (χ1) is 14.2. The number of hydrogen-bond donors (Lipinski definition) is 1. The van der Waals surface area contributed by atoms with Crippen LogP contribution in [0.25, 0.3) is 0 Å². The number of aryl methyl sites for hydroxylation is 1. The molecule has 2 aromatic carbocycles. The van der Waals surface area contributed by atoms with E-state index < -0.39 is 6.04 Å². The fourth-order valence-corrected chi connectivity index (χ4v) is 3.60. The maximum atomic E-state index is 13.3. The minimum Gasteiger partial charge on any atom is -0.354 e. The standard InChI is InChI=1S/C24H30Cl2N2O2/c1-5-22(24(30)27-14-16(2)3)28(15-19-8-6-7-17(4)11-19)23(29)13-18-9-10-20(25)21(26)12-18/h6-12,16,22H,5,13-15H2,1-4H3,(H,27,30)/t22-/m0/s1. The summed E-state index contributed by atoms with van der Waals surface area (Å²) in [6, 6.07) is 12.6. The molecule has 0 bridgehead atoms. The van der Waals surface area contributed by atoms with E-state index in [9.17, 15) is 9.59 Å². The summed E-state index contributed by atoms with van der Waals surface area (Å²) < 4.78 is 0. The van der Waals surface area contributed by atoms with Gasteiger partial charge in [0.25, 0.3) is 0 Å². The lowest BCUT2D eigenvalue weighted by molar-refractivity contribution is -0.141. The lowest BCUT2D eigenvalue weighted by atomic mass is 10.1. The molecule has 2 amide bonds. The Morgan fingerprint density at radius 3 is 2.37 bits per heavy atom. The van der Waals surface area contributed by atoms with Gasteiger partial charge in [-0.2, -0.15) is 0 Å². The van der Waals surface area contributed by atoms with Crippen molar-refractivity contribution in [2.24, 2.45) is 5.92 Å². The molecule has 0 spiro atoms. The van der Waals surface area contributed by atoms with E-state index in [0.717, 1.165) is 16.7 Å². The van der Waals surface area contributed by atoms with Crippen LogP contribution in [0.2, 0.25) is 10.0 Å². The Morgan fingerprint density at radius 1 is 1.03 bits per heavy atom. The van der Waals surface area contributed by atoms with Crippen molar-refractivity contribution in [1.82, 2.24) is 10.2 Å². The Morgan fingerprint density at radius 2 is 1.77 bits per heavy atom. The Labute approximate surface area is 189 Å². The van der Waals surface area contributed by atoms with Crippen LogP contribution in [0.5, 0.6) is 0 Å². The summed E-state index contributed by atoms with van der Waals surface area (Å²) >= 11 is 12.1. The summed E-state index contributed by atoms with van der Waals surface area (Å²) in [5.41, 5.74) is 2.87. The molecule has 0 aliphatic rings. The van der Waals surface area contributed by atoms with Crippen molar-refractivity contribution < 1.29 is 9.59 Å². The van der Waals surface area contributed by atoms with Crippen LogP contribution < -0.4 is 5.32 Å². The molecular weight excluding hydrogens is 419 g/mol. The van der Waals surface area contributed by atoms with E-state index >= 15 is 0 Å². The number of nitrogens with one attached hydrogen (secondary N) is 1. The zero-order valence-electron chi connectivity index (χ0n) is 18.0. The minimum absolute atomic E-state index is 0.124. The van der Waals surface area contributed by atoms with Crippen molar-refractivity contribution in [2.75, 3.05) is 6.54 Å². The van der Waals surface area contributed by atoms with Crippen LogP contribution in [0, 0.1) is 12.8 Å². The molecule has 4 nitrogen and oxygen atoms in total. The average Bonchev–Trinajstić information content (AvgIpc) is 2.69. The largest absolute Gasteiger partial charge is 0.354 e. The van der Waals surface area contributed by atoms with E-state index in [1.807, 2.05) is 52.0 Å². The molecule has 0 fully saturated rings. The second-order valence-electron chi connectivity index (χ2n) is 8.00. The van der Waals surface area contributed by atoms with Crippen molar-refractivity contribution >= 4 is 35.0 Å². The van der Waals surface area contributed by atoms with Gasteiger partial charge in [0.05, 0.1) is 16.5 Å². The lowest BCUT2D eigenvalue weighted by Gasteiger charge is -2.31. The predicted octanol–water partition coefficient (Wildman–Crippen LogP) is 5.42. The van der Waals surface area contributed by atoms with Crippen LogP contribution in [-0.2, 0) is 22.6 Å². The summed E-state index contributed by atoms with van der Waals surface area (Å²) in [6.45, 7) is 8.97. The quantitative estimate of drug-likeness (QED) is 0.556. The maximum Gasteiger partial charge on any atom is 0.242 e. The third-order valence-corrected chi connectivity index (χ3v) is 5.58. The van der Waals surface area contributed by atoms with Crippen molar-refractivity contribution in [1.29, 1.82) is 0 Å². The van der Waals surface area contributed by atoms with Gasteiger partial charge >= 0.3 is 0 Å². The Bertz CT molecular complexity index is 883. The summed E-state index contributed by atoms with van der Waals surface area (Å²) in [6.07, 6.45) is 0.680. The monoisotopic (exact) mass is 448 g/mol. The summed E-state index contributed by atoms with van der Waals surface area (Å²) in [5.74, 6) is 0.0892. The Hall–Kier alpha value is -2.04. The first-order valence-electron chi connectivity index (χ1n) is 10.3. The van der Waals surface area contributed by atoms with E-state index in [2.05, 4.69) is 5.32 Å². The third-order valence-electron chi connectivity index (χ3n) is 4.85. The fraction of sp³-hybridized carbons (Fsp3) is 0.417. The van der Waals surface area contributed by atoms with E-state index in [1.165, 1.54) is 0 Å². The maximum absolute atomic E-state index is 13.3. The van der Waals surface area contributed by atoms with Crippen LogP contribution in [0.1, 0.15) is 43.9 Å². The zero-order chi connectivity index (χ0) is 22.3. The Balaban J connectivity index is 2.29. The number of carbonyl (C=O) groups excluding carboxylic acids is 2. The highest BCUT2D eigenvalue weighted by molar-refractivity contribution is 6.42. The van der Waals surface area contributed by atoms with Crippen LogP contribution >= 0.6 is 23.2 Å². The first-order valence-corrected chi connectivity index (χ1v) is 11.0. The molecule has 0 unspecified atom stereocenters. The summed E-state index contributed by atoms with van der Waals surface area (Å²) in [7, 11) is 0. The van der Waals surface area contributed by atoms with Crippen molar-refractivity contribution in [3.8, 4) is 0 Å². The number of amides is 2. The molecule has 0 aliphatic heterocycles. The highest BCUT2D eigenvalue weighted by atomic mass is 35.5. The van der Waals surface area contributed by atoms with Crippen molar-refractivity contribution in [3.63, 3.8) is 0 Å². The molecule has 0 heterocycles. The van der Waals surface area contributed by atoms with Crippen LogP contribution in [0.15, 0.2) is 42.5 Å². The van der Waals surface area contributed by atoms with Crippen molar-refractivity contribution in [3.05, 3.63) is 69.2 Å². The topological polar surface area (TPSA) is 49.4 Å². The molecule has 1 atom stereocenters. The van der Waals surface area contributed by atoms with Gasteiger partial charge in [-0.05, 0) is 42.5 Å². The van der Waals surface area contributed by atoms with Gasteiger partial charge in [-0.25, -0.2) is 0 Å². The number of carbonyl (C=O) groups is 2. The van der Waals surface area contributed by atoms with Gasteiger partial charge in [-0.1, -0.05) is 79.9 Å². The van der Waals surface area contributed by atoms with Crippen LogP contribution in [0.3, 0.4) is 0 Å². The summed E-state index contributed by atoms with van der Waals surface area (Å²) in [4.78, 5) is 27.9. The van der Waals surface area contributed by atoms with Crippen molar-refractivity contribution in [2.45, 2.75) is 53.1 Å².